The average molecular weight is 311 g/mol. The van der Waals surface area contributed by atoms with Crippen molar-refractivity contribution < 1.29 is 14.7 Å². The zero-order chi connectivity index (χ0) is 16.8. The monoisotopic (exact) mass is 311 g/mol. The van der Waals surface area contributed by atoms with Crippen LogP contribution >= 0.6 is 0 Å². The standard InChI is InChI=1S/C19H21NO3/c1-13(2)19(23)15-10-6-7-11-16(15)20-18(22)12-17(21)14-8-4-3-5-9-14/h3-11,13,17,21H,12H2,1-2H3,(H,20,22). The lowest BCUT2D eigenvalue weighted by molar-refractivity contribution is -0.118. The Labute approximate surface area is 136 Å². The van der Waals surface area contributed by atoms with Gasteiger partial charge in [-0.1, -0.05) is 56.3 Å². The molecule has 1 unspecified atom stereocenters. The Bertz CT molecular complexity index is 680. The van der Waals surface area contributed by atoms with Crippen LogP contribution in [0.4, 0.5) is 5.69 Å². The fourth-order valence-corrected chi connectivity index (χ4v) is 2.29. The van der Waals surface area contributed by atoms with Crippen molar-refractivity contribution in [2.45, 2.75) is 26.4 Å². The van der Waals surface area contributed by atoms with Crippen molar-refractivity contribution in [3.8, 4) is 0 Å². The first-order valence-corrected chi connectivity index (χ1v) is 7.65. The molecule has 4 nitrogen and oxygen atoms in total. The summed E-state index contributed by atoms with van der Waals surface area (Å²) in [7, 11) is 0. The molecule has 0 aliphatic heterocycles. The summed E-state index contributed by atoms with van der Waals surface area (Å²) in [5.74, 6) is -0.502. The fourth-order valence-electron chi connectivity index (χ4n) is 2.29. The van der Waals surface area contributed by atoms with Crippen LogP contribution in [-0.2, 0) is 4.79 Å². The van der Waals surface area contributed by atoms with E-state index in [0.717, 1.165) is 0 Å². The molecular weight excluding hydrogens is 290 g/mol. The van der Waals surface area contributed by atoms with E-state index in [0.29, 0.717) is 16.8 Å². The number of hydrogen-bond acceptors (Lipinski definition) is 3. The van der Waals surface area contributed by atoms with Gasteiger partial charge in [-0.3, -0.25) is 9.59 Å². The minimum absolute atomic E-state index is 0.0236. The summed E-state index contributed by atoms with van der Waals surface area (Å²) in [5.41, 5.74) is 1.66. The van der Waals surface area contributed by atoms with Crippen molar-refractivity contribution in [3.63, 3.8) is 0 Å². The van der Waals surface area contributed by atoms with Crippen LogP contribution in [0.15, 0.2) is 54.6 Å². The van der Waals surface area contributed by atoms with E-state index in [-0.39, 0.29) is 24.0 Å². The zero-order valence-corrected chi connectivity index (χ0v) is 13.3. The van der Waals surface area contributed by atoms with Gasteiger partial charge in [0.1, 0.15) is 0 Å². The molecule has 2 rings (SSSR count). The molecule has 23 heavy (non-hydrogen) atoms. The SMILES string of the molecule is CC(C)C(=O)c1ccccc1NC(=O)CC(O)c1ccccc1. The third kappa shape index (κ3) is 4.50. The van der Waals surface area contributed by atoms with Gasteiger partial charge in [0.25, 0.3) is 0 Å². The Hall–Kier alpha value is -2.46. The second-order valence-corrected chi connectivity index (χ2v) is 5.74. The van der Waals surface area contributed by atoms with E-state index in [1.807, 2.05) is 32.0 Å². The molecule has 2 aromatic rings. The maximum Gasteiger partial charge on any atom is 0.227 e. The fraction of sp³-hybridized carbons (Fsp3) is 0.263. The molecule has 0 saturated carbocycles. The summed E-state index contributed by atoms with van der Waals surface area (Å²) >= 11 is 0. The highest BCUT2D eigenvalue weighted by Crippen LogP contribution is 2.21. The number of ketones is 1. The van der Waals surface area contributed by atoms with Crippen LogP contribution in [0.5, 0.6) is 0 Å². The molecule has 1 atom stereocenters. The first-order chi connectivity index (χ1) is 11.0. The van der Waals surface area contributed by atoms with Crippen LogP contribution in [0.3, 0.4) is 0 Å². The molecule has 0 aromatic heterocycles. The van der Waals surface area contributed by atoms with Crippen LogP contribution in [-0.4, -0.2) is 16.8 Å². The minimum atomic E-state index is -0.871. The van der Waals surface area contributed by atoms with Crippen molar-refractivity contribution in [2.24, 2.45) is 5.92 Å². The maximum absolute atomic E-state index is 12.2. The van der Waals surface area contributed by atoms with Crippen molar-refractivity contribution in [2.75, 3.05) is 5.32 Å². The molecule has 2 N–H and O–H groups in total. The molecule has 0 aliphatic carbocycles. The van der Waals surface area contributed by atoms with Crippen molar-refractivity contribution in [1.29, 1.82) is 0 Å². The molecule has 120 valence electrons. The third-order valence-electron chi connectivity index (χ3n) is 3.55. The number of anilines is 1. The summed E-state index contributed by atoms with van der Waals surface area (Å²) in [6, 6.07) is 15.9. The summed E-state index contributed by atoms with van der Waals surface area (Å²) in [5, 5.41) is 12.8. The number of benzene rings is 2. The lowest BCUT2D eigenvalue weighted by Gasteiger charge is -2.14. The molecule has 1 amide bonds. The smallest absolute Gasteiger partial charge is 0.227 e. The highest BCUT2D eigenvalue weighted by Gasteiger charge is 2.17. The van der Waals surface area contributed by atoms with Crippen molar-refractivity contribution >= 4 is 17.4 Å². The number of aliphatic hydroxyl groups is 1. The quantitative estimate of drug-likeness (QED) is 0.801. The molecule has 0 saturated heterocycles. The zero-order valence-electron chi connectivity index (χ0n) is 13.3. The Balaban J connectivity index is 2.08. The molecule has 2 aromatic carbocycles. The van der Waals surface area contributed by atoms with E-state index in [2.05, 4.69) is 5.32 Å². The molecule has 0 bridgehead atoms. The van der Waals surface area contributed by atoms with Gasteiger partial charge in [0.05, 0.1) is 18.2 Å². The summed E-state index contributed by atoms with van der Waals surface area (Å²) in [6.07, 6.45) is -0.932. The largest absolute Gasteiger partial charge is 0.388 e. The van der Waals surface area contributed by atoms with Gasteiger partial charge < -0.3 is 10.4 Å². The van der Waals surface area contributed by atoms with E-state index in [1.165, 1.54) is 0 Å². The van der Waals surface area contributed by atoms with Crippen LogP contribution in [0, 0.1) is 5.92 Å². The normalized spacial score (nSPS) is 12.0. The van der Waals surface area contributed by atoms with Gasteiger partial charge >= 0.3 is 0 Å². The number of aliphatic hydroxyl groups excluding tert-OH is 1. The van der Waals surface area contributed by atoms with Gasteiger partial charge in [-0.05, 0) is 17.7 Å². The van der Waals surface area contributed by atoms with Crippen LogP contribution in [0.1, 0.15) is 42.3 Å². The number of hydrogen-bond donors (Lipinski definition) is 2. The number of amides is 1. The van der Waals surface area contributed by atoms with Crippen molar-refractivity contribution in [3.05, 3.63) is 65.7 Å². The van der Waals surface area contributed by atoms with E-state index in [4.69, 9.17) is 0 Å². The highest BCUT2D eigenvalue weighted by molar-refractivity contribution is 6.05. The topological polar surface area (TPSA) is 66.4 Å². The van der Waals surface area contributed by atoms with E-state index < -0.39 is 6.10 Å². The number of rotatable bonds is 6. The summed E-state index contributed by atoms with van der Waals surface area (Å²) in [4.78, 5) is 24.3. The van der Waals surface area contributed by atoms with Gasteiger partial charge in [0.2, 0.25) is 5.91 Å². The Kier molecular flexibility index (Phi) is 5.66. The van der Waals surface area contributed by atoms with E-state index in [9.17, 15) is 14.7 Å². The highest BCUT2D eigenvalue weighted by atomic mass is 16.3. The molecule has 0 radical (unpaired) electrons. The molecule has 0 fully saturated rings. The second-order valence-electron chi connectivity index (χ2n) is 5.74. The van der Waals surface area contributed by atoms with E-state index in [1.54, 1.807) is 36.4 Å². The number of para-hydroxylation sites is 1. The molecule has 0 heterocycles. The Morgan fingerprint density at radius 2 is 1.61 bits per heavy atom. The predicted molar refractivity (Wildman–Crippen MR) is 90.3 cm³/mol. The van der Waals surface area contributed by atoms with Gasteiger partial charge in [-0.15, -0.1) is 0 Å². The molecule has 0 spiro atoms. The lowest BCUT2D eigenvalue weighted by atomic mass is 9.99. The van der Waals surface area contributed by atoms with E-state index >= 15 is 0 Å². The van der Waals surface area contributed by atoms with Crippen LogP contribution < -0.4 is 5.32 Å². The average Bonchev–Trinajstić information content (AvgIpc) is 2.55. The maximum atomic E-state index is 12.2. The van der Waals surface area contributed by atoms with Gasteiger partial charge in [0.15, 0.2) is 5.78 Å². The van der Waals surface area contributed by atoms with Crippen LogP contribution in [0.25, 0.3) is 0 Å². The molecule has 4 heteroatoms. The summed E-state index contributed by atoms with van der Waals surface area (Å²) < 4.78 is 0. The third-order valence-corrected chi connectivity index (χ3v) is 3.55. The number of Topliss-reactive ketones (excluding diaryl/α,β-unsaturated/α-hetero) is 1. The predicted octanol–water partition coefficient (Wildman–Crippen LogP) is 3.59. The minimum Gasteiger partial charge on any atom is -0.388 e. The van der Waals surface area contributed by atoms with Crippen molar-refractivity contribution in [1.82, 2.24) is 0 Å². The second kappa shape index (κ2) is 7.70. The van der Waals surface area contributed by atoms with Gasteiger partial charge in [0, 0.05) is 11.5 Å². The lowest BCUT2D eigenvalue weighted by Crippen LogP contribution is -2.18. The number of nitrogens with one attached hydrogen (secondary N) is 1. The summed E-state index contributed by atoms with van der Waals surface area (Å²) in [6.45, 7) is 3.64. The Morgan fingerprint density at radius 1 is 1.00 bits per heavy atom. The molecule has 0 aliphatic rings. The van der Waals surface area contributed by atoms with Gasteiger partial charge in [-0.25, -0.2) is 0 Å². The first-order valence-electron chi connectivity index (χ1n) is 7.65. The Morgan fingerprint density at radius 3 is 2.26 bits per heavy atom. The number of carbonyl (C=O) groups is 2. The molecular formula is C19H21NO3. The first kappa shape index (κ1) is 16.9. The number of carbonyl (C=O) groups excluding carboxylic acids is 2. The van der Waals surface area contributed by atoms with Crippen LogP contribution in [0.2, 0.25) is 0 Å². The van der Waals surface area contributed by atoms with Gasteiger partial charge in [-0.2, -0.15) is 0 Å².